The topological polar surface area (TPSA) is 63.9 Å². The van der Waals surface area contributed by atoms with E-state index < -0.39 is 0 Å². The van der Waals surface area contributed by atoms with Crippen LogP contribution in [0.3, 0.4) is 0 Å². The lowest BCUT2D eigenvalue weighted by molar-refractivity contribution is -0.122. The summed E-state index contributed by atoms with van der Waals surface area (Å²) in [4.78, 5) is 14.3. The van der Waals surface area contributed by atoms with Crippen LogP contribution in [0.15, 0.2) is 58.8 Å². The van der Waals surface area contributed by atoms with Gasteiger partial charge in [0.2, 0.25) is 0 Å². The van der Waals surface area contributed by atoms with E-state index in [9.17, 15) is 4.79 Å². The summed E-state index contributed by atoms with van der Waals surface area (Å²) in [5, 5.41) is 4.29. The first kappa shape index (κ1) is 23.4. The third-order valence-electron chi connectivity index (χ3n) is 4.81. The second-order valence-corrected chi connectivity index (χ2v) is 8.65. The van der Waals surface area contributed by atoms with Crippen LogP contribution in [0, 0.1) is 0 Å². The van der Waals surface area contributed by atoms with Gasteiger partial charge in [0.15, 0.2) is 10.9 Å². The maximum atomic E-state index is 12.8. The zero-order valence-electron chi connectivity index (χ0n) is 17.2. The van der Waals surface area contributed by atoms with Gasteiger partial charge in [0, 0.05) is 10.6 Å². The molecule has 1 amide bonds. The normalized spacial score (nSPS) is 14.7. The number of nitrogens with one attached hydrogen (secondary N) is 1. The molecule has 1 saturated heterocycles. The number of hydrogen-bond donors (Lipinski definition) is 1. The Morgan fingerprint density at radius 2 is 1.91 bits per heavy atom. The molecule has 3 aromatic rings. The molecule has 6 nitrogen and oxygen atoms in total. The summed E-state index contributed by atoms with van der Waals surface area (Å²) in [6, 6.07) is 12.1. The van der Waals surface area contributed by atoms with E-state index in [4.69, 9.17) is 60.9 Å². The van der Waals surface area contributed by atoms with E-state index in [1.165, 1.54) is 4.90 Å². The number of amides is 1. The molecule has 1 aliphatic rings. The first-order chi connectivity index (χ1) is 15.9. The van der Waals surface area contributed by atoms with Crippen LogP contribution in [-0.2, 0) is 17.9 Å². The molecular formula is C23H17Cl3N2O4S. The minimum atomic E-state index is -0.246. The minimum absolute atomic E-state index is 0.131. The summed E-state index contributed by atoms with van der Waals surface area (Å²) < 4.78 is 16.6. The monoisotopic (exact) mass is 522 g/mol. The standard InChI is InChI=1S/C23H17Cl3N2O4S/c1-30-20-5-4-13(7-14(20)12-32-21-17(25)9-15(24)10-18(21)26)8-19-22(29)28(23(33)27-19)11-16-3-2-6-31-16/h2-10H,11-12H2,1H3,(H,27,33)/b19-8+. The van der Waals surface area contributed by atoms with Crippen molar-refractivity contribution in [3.8, 4) is 11.5 Å². The molecule has 0 aliphatic carbocycles. The molecule has 2 heterocycles. The van der Waals surface area contributed by atoms with Crippen LogP contribution >= 0.6 is 47.0 Å². The highest BCUT2D eigenvalue weighted by molar-refractivity contribution is 7.80. The largest absolute Gasteiger partial charge is 0.496 e. The first-order valence-electron chi connectivity index (χ1n) is 9.67. The highest BCUT2D eigenvalue weighted by Crippen LogP contribution is 2.37. The molecule has 0 radical (unpaired) electrons. The van der Waals surface area contributed by atoms with E-state index in [1.54, 1.807) is 49.8 Å². The van der Waals surface area contributed by atoms with Gasteiger partial charge in [-0.15, -0.1) is 0 Å². The number of halogens is 3. The Balaban J connectivity index is 1.55. The lowest BCUT2D eigenvalue weighted by atomic mass is 10.1. The number of nitrogens with zero attached hydrogens (tertiary/aromatic N) is 1. The lowest BCUT2D eigenvalue weighted by Gasteiger charge is -2.13. The molecule has 33 heavy (non-hydrogen) atoms. The van der Waals surface area contributed by atoms with Gasteiger partial charge in [-0.2, -0.15) is 0 Å². The maximum Gasteiger partial charge on any atom is 0.276 e. The highest BCUT2D eigenvalue weighted by Gasteiger charge is 2.31. The van der Waals surface area contributed by atoms with E-state index in [-0.39, 0.29) is 19.1 Å². The predicted octanol–water partition coefficient (Wildman–Crippen LogP) is 6.09. The summed E-state index contributed by atoms with van der Waals surface area (Å²) >= 11 is 23.7. The van der Waals surface area contributed by atoms with Crippen molar-refractivity contribution in [3.05, 3.63) is 86.4 Å². The van der Waals surface area contributed by atoms with E-state index in [1.807, 2.05) is 12.1 Å². The maximum absolute atomic E-state index is 12.8. The fraction of sp³-hybridized carbons (Fsp3) is 0.130. The molecular weight excluding hydrogens is 507 g/mol. The van der Waals surface area contributed by atoms with Gasteiger partial charge in [0.1, 0.15) is 23.8 Å². The molecule has 170 valence electrons. The summed E-state index contributed by atoms with van der Waals surface area (Å²) in [6.45, 7) is 0.380. The minimum Gasteiger partial charge on any atom is -0.496 e. The number of furan rings is 1. The summed E-state index contributed by atoms with van der Waals surface area (Å²) in [5.74, 6) is 1.32. The molecule has 1 fully saturated rings. The third kappa shape index (κ3) is 5.28. The molecule has 0 spiro atoms. The van der Waals surface area contributed by atoms with Gasteiger partial charge in [-0.05, 0) is 60.3 Å². The van der Waals surface area contributed by atoms with Gasteiger partial charge in [0.25, 0.3) is 5.91 Å². The Labute approximate surface area is 210 Å². The number of benzene rings is 2. The van der Waals surface area contributed by atoms with Crippen LogP contribution in [0.1, 0.15) is 16.9 Å². The van der Waals surface area contributed by atoms with Crippen molar-refractivity contribution in [1.82, 2.24) is 10.2 Å². The lowest BCUT2D eigenvalue weighted by Crippen LogP contribution is -2.29. The number of thiocarbonyl (C=S) groups is 1. The second kappa shape index (κ2) is 10.1. The number of hydrogen-bond acceptors (Lipinski definition) is 5. The average Bonchev–Trinajstić information content (AvgIpc) is 3.37. The number of carbonyl (C=O) groups is 1. The Kier molecular flexibility index (Phi) is 7.14. The fourth-order valence-electron chi connectivity index (χ4n) is 3.26. The van der Waals surface area contributed by atoms with Gasteiger partial charge in [-0.1, -0.05) is 40.9 Å². The average molecular weight is 524 g/mol. The Hall–Kier alpha value is -2.71. The smallest absolute Gasteiger partial charge is 0.276 e. The molecule has 1 N–H and O–H groups in total. The second-order valence-electron chi connectivity index (χ2n) is 7.02. The number of ether oxygens (including phenoxy) is 2. The van der Waals surface area contributed by atoms with Crippen LogP contribution < -0.4 is 14.8 Å². The summed E-state index contributed by atoms with van der Waals surface area (Å²) in [7, 11) is 1.56. The van der Waals surface area contributed by atoms with Gasteiger partial charge in [-0.25, -0.2) is 0 Å². The van der Waals surface area contributed by atoms with Crippen molar-refractivity contribution in [1.29, 1.82) is 0 Å². The Bertz CT molecular complexity index is 1220. The van der Waals surface area contributed by atoms with Gasteiger partial charge in [-0.3, -0.25) is 9.69 Å². The molecule has 1 aromatic heterocycles. The van der Waals surface area contributed by atoms with Crippen molar-refractivity contribution in [2.45, 2.75) is 13.2 Å². The van der Waals surface area contributed by atoms with Crippen molar-refractivity contribution in [3.63, 3.8) is 0 Å². The van der Waals surface area contributed by atoms with Crippen LogP contribution in [-0.4, -0.2) is 23.0 Å². The van der Waals surface area contributed by atoms with E-state index in [0.29, 0.717) is 43.1 Å². The van der Waals surface area contributed by atoms with Gasteiger partial charge < -0.3 is 19.2 Å². The molecule has 1 aliphatic heterocycles. The molecule has 0 unspecified atom stereocenters. The summed E-state index contributed by atoms with van der Waals surface area (Å²) in [6.07, 6.45) is 3.26. The molecule has 0 saturated carbocycles. The zero-order valence-corrected chi connectivity index (χ0v) is 20.3. The van der Waals surface area contributed by atoms with Crippen LogP contribution in [0.2, 0.25) is 15.1 Å². The number of carbonyl (C=O) groups excluding carboxylic acids is 1. The van der Waals surface area contributed by atoms with E-state index >= 15 is 0 Å². The fourth-order valence-corrected chi connectivity index (χ4v) is 4.44. The molecule has 0 atom stereocenters. The van der Waals surface area contributed by atoms with Crippen LogP contribution in [0.5, 0.6) is 11.5 Å². The van der Waals surface area contributed by atoms with E-state index in [0.717, 1.165) is 11.1 Å². The van der Waals surface area contributed by atoms with Gasteiger partial charge >= 0.3 is 0 Å². The van der Waals surface area contributed by atoms with Gasteiger partial charge in [0.05, 0.1) is 30.0 Å². The first-order valence-corrected chi connectivity index (χ1v) is 11.2. The zero-order chi connectivity index (χ0) is 23.5. The van der Waals surface area contributed by atoms with Crippen LogP contribution in [0.4, 0.5) is 0 Å². The Morgan fingerprint density at radius 1 is 1.15 bits per heavy atom. The quantitative estimate of drug-likeness (QED) is 0.299. The van der Waals surface area contributed by atoms with E-state index in [2.05, 4.69) is 5.32 Å². The molecule has 0 bridgehead atoms. The van der Waals surface area contributed by atoms with Crippen molar-refractivity contribution in [2.24, 2.45) is 0 Å². The predicted molar refractivity (Wildman–Crippen MR) is 132 cm³/mol. The third-order valence-corrected chi connectivity index (χ3v) is 5.91. The van der Waals surface area contributed by atoms with Crippen LogP contribution in [0.25, 0.3) is 6.08 Å². The molecule has 10 heteroatoms. The molecule has 2 aromatic carbocycles. The SMILES string of the molecule is COc1ccc(/C=C2/NC(=S)N(Cc3ccco3)C2=O)cc1COc1c(Cl)cc(Cl)cc1Cl. The van der Waals surface area contributed by atoms with Crippen molar-refractivity contribution >= 4 is 64.1 Å². The molecule has 4 rings (SSSR count). The number of methoxy groups -OCH3 is 1. The van der Waals surface area contributed by atoms with Crippen molar-refractivity contribution < 1.29 is 18.7 Å². The number of rotatable bonds is 7. The highest BCUT2D eigenvalue weighted by atomic mass is 35.5. The van der Waals surface area contributed by atoms with Crippen molar-refractivity contribution in [2.75, 3.05) is 7.11 Å². The Morgan fingerprint density at radius 3 is 2.58 bits per heavy atom. The summed E-state index contributed by atoms with van der Waals surface area (Å²) in [5.41, 5.74) is 1.84.